The fraction of sp³-hybridized carbons (Fsp3) is 0.333. The average molecular weight is 264 g/mol. The van der Waals surface area contributed by atoms with Gasteiger partial charge in [0.15, 0.2) is 5.69 Å². The summed E-state index contributed by atoms with van der Waals surface area (Å²) in [6.07, 6.45) is 4.06. The summed E-state index contributed by atoms with van der Waals surface area (Å²) >= 11 is 1.52. The molecule has 0 aromatic carbocycles. The Morgan fingerprint density at radius 2 is 2.11 bits per heavy atom. The van der Waals surface area contributed by atoms with E-state index in [1.165, 1.54) is 22.3 Å². The highest BCUT2D eigenvalue weighted by Crippen LogP contribution is 2.34. The summed E-state index contributed by atoms with van der Waals surface area (Å²) in [4.78, 5) is 24.4. The van der Waals surface area contributed by atoms with Crippen molar-refractivity contribution in [1.29, 1.82) is 0 Å². The van der Waals surface area contributed by atoms with Gasteiger partial charge in [-0.2, -0.15) is 0 Å². The molecule has 0 atom stereocenters. The van der Waals surface area contributed by atoms with Crippen molar-refractivity contribution < 1.29 is 9.90 Å². The summed E-state index contributed by atoms with van der Waals surface area (Å²) in [7, 11) is 0. The number of hydrogen-bond acceptors (Lipinski definition) is 4. The van der Waals surface area contributed by atoms with Gasteiger partial charge in [-0.15, -0.1) is 11.3 Å². The minimum atomic E-state index is -1.18. The lowest BCUT2D eigenvalue weighted by molar-refractivity contribution is 0.0686. The van der Waals surface area contributed by atoms with E-state index in [4.69, 9.17) is 10.9 Å². The maximum Gasteiger partial charge on any atom is 0.354 e. The molecule has 94 valence electrons. The minimum absolute atomic E-state index is 0.161. The van der Waals surface area contributed by atoms with Gasteiger partial charge in [0.25, 0.3) is 5.56 Å². The first-order chi connectivity index (χ1) is 8.59. The Bertz CT molecular complexity index is 714. The second kappa shape index (κ2) is 3.84. The number of aromatic carboxylic acids is 1. The highest BCUT2D eigenvalue weighted by Gasteiger charge is 2.21. The zero-order valence-electron chi connectivity index (χ0n) is 9.60. The zero-order chi connectivity index (χ0) is 12.9. The number of aromatic nitrogens is 1. The summed E-state index contributed by atoms with van der Waals surface area (Å²) < 4.78 is 1.48. The minimum Gasteiger partial charge on any atom is -0.477 e. The Hall–Kier alpha value is -1.82. The van der Waals surface area contributed by atoms with Crippen molar-refractivity contribution in [2.45, 2.75) is 25.7 Å². The number of fused-ring (bicyclic) bond motifs is 3. The van der Waals surface area contributed by atoms with Crippen molar-refractivity contribution in [2.75, 3.05) is 5.84 Å². The van der Waals surface area contributed by atoms with E-state index in [1.54, 1.807) is 0 Å². The Labute approximate surface area is 106 Å². The predicted molar refractivity (Wildman–Crippen MR) is 69.8 cm³/mol. The lowest BCUT2D eigenvalue weighted by atomic mass is 9.97. The number of pyridine rings is 1. The first-order valence-corrected chi connectivity index (χ1v) is 6.60. The lowest BCUT2D eigenvalue weighted by Crippen LogP contribution is -2.32. The van der Waals surface area contributed by atoms with Gasteiger partial charge < -0.3 is 10.9 Å². The van der Waals surface area contributed by atoms with Crippen LogP contribution in [0.25, 0.3) is 10.1 Å². The monoisotopic (exact) mass is 264 g/mol. The summed E-state index contributed by atoms with van der Waals surface area (Å²) in [5, 5.41) is 9.63. The molecule has 3 N–H and O–H groups in total. The number of carbonyl (C=O) groups is 1. The van der Waals surface area contributed by atoms with Crippen LogP contribution >= 0.6 is 11.3 Å². The maximum absolute atomic E-state index is 12.2. The number of carboxylic acids is 1. The highest BCUT2D eigenvalue weighted by molar-refractivity contribution is 7.19. The fourth-order valence-corrected chi connectivity index (χ4v) is 3.83. The van der Waals surface area contributed by atoms with Crippen LogP contribution in [0.1, 0.15) is 33.8 Å². The molecule has 0 radical (unpaired) electrons. The average Bonchev–Trinajstić information content (AvgIpc) is 2.71. The third-order valence-corrected chi connectivity index (χ3v) is 4.62. The third kappa shape index (κ3) is 1.45. The van der Waals surface area contributed by atoms with E-state index in [-0.39, 0.29) is 5.69 Å². The zero-order valence-corrected chi connectivity index (χ0v) is 10.4. The van der Waals surface area contributed by atoms with Crippen LogP contribution in [0, 0.1) is 0 Å². The number of hydrogen-bond donors (Lipinski definition) is 2. The van der Waals surface area contributed by atoms with E-state index in [9.17, 15) is 9.59 Å². The third-order valence-electron chi connectivity index (χ3n) is 3.38. The van der Waals surface area contributed by atoms with Crippen molar-refractivity contribution in [3.8, 4) is 0 Å². The standard InChI is InChI=1S/C12H12N2O3S/c13-14-7(12(16)17)5-9-10(11(14)15)6-3-1-2-4-8(6)18-9/h5H,1-4,13H2,(H,16,17). The molecule has 0 saturated carbocycles. The Kier molecular flexibility index (Phi) is 2.41. The number of aryl methyl sites for hydroxylation is 2. The quantitative estimate of drug-likeness (QED) is 0.761. The van der Waals surface area contributed by atoms with Crippen molar-refractivity contribution in [3.63, 3.8) is 0 Å². The van der Waals surface area contributed by atoms with Gasteiger partial charge in [-0.05, 0) is 37.3 Å². The highest BCUT2D eigenvalue weighted by atomic mass is 32.1. The molecule has 1 aliphatic carbocycles. The smallest absolute Gasteiger partial charge is 0.354 e. The van der Waals surface area contributed by atoms with E-state index in [0.29, 0.717) is 5.39 Å². The molecule has 0 amide bonds. The van der Waals surface area contributed by atoms with Crippen LogP contribution in [0.4, 0.5) is 0 Å². The number of rotatable bonds is 1. The molecule has 0 fully saturated rings. The topological polar surface area (TPSA) is 85.3 Å². The van der Waals surface area contributed by atoms with Gasteiger partial charge in [0, 0.05) is 9.58 Å². The molecule has 0 aliphatic heterocycles. The molecule has 0 saturated heterocycles. The van der Waals surface area contributed by atoms with Gasteiger partial charge in [0.2, 0.25) is 0 Å². The van der Waals surface area contributed by atoms with E-state index < -0.39 is 11.5 Å². The fourth-order valence-electron chi connectivity index (χ4n) is 2.51. The lowest BCUT2D eigenvalue weighted by Gasteiger charge is -2.10. The van der Waals surface area contributed by atoms with E-state index >= 15 is 0 Å². The number of nitrogens with two attached hydrogens (primary N) is 1. The van der Waals surface area contributed by atoms with Crippen LogP contribution in [0.2, 0.25) is 0 Å². The van der Waals surface area contributed by atoms with Crippen molar-refractivity contribution >= 4 is 27.4 Å². The molecule has 5 nitrogen and oxygen atoms in total. The summed E-state index contributed by atoms with van der Waals surface area (Å²) in [5.41, 5.74) is 0.512. The molecular weight excluding hydrogens is 252 g/mol. The molecule has 6 heteroatoms. The van der Waals surface area contributed by atoms with Crippen LogP contribution in [0.15, 0.2) is 10.9 Å². The van der Waals surface area contributed by atoms with E-state index in [1.807, 2.05) is 0 Å². The van der Waals surface area contributed by atoms with Gasteiger partial charge in [0.1, 0.15) is 0 Å². The molecule has 2 aromatic heterocycles. The molecule has 3 rings (SSSR count). The van der Waals surface area contributed by atoms with Crippen LogP contribution in [-0.2, 0) is 12.8 Å². The molecule has 0 bridgehead atoms. The number of thiophene rings is 1. The predicted octanol–water partition coefficient (Wildman–Crippen LogP) is 1.35. The Morgan fingerprint density at radius 3 is 2.83 bits per heavy atom. The van der Waals surface area contributed by atoms with Gasteiger partial charge in [0.05, 0.1) is 5.39 Å². The summed E-state index contributed by atoms with van der Waals surface area (Å²) in [5.74, 6) is 4.39. The Morgan fingerprint density at radius 1 is 1.39 bits per heavy atom. The first-order valence-electron chi connectivity index (χ1n) is 5.78. The van der Waals surface area contributed by atoms with Crippen molar-refractivity contribution in [2.24, 2.45) is 0 Å². The van der Waals surface area contributed by atoms with E-state index in [0.717, 1.165) is 40.6 Å². The second-order valence-electron chi connectivity index (χ2n) is 4.46. The van der Waals surface area contributed by atoms with E-state index in [2.05, 4.69) is 0 Å². The Balaban J connectivity index is 2.41. The van der Waals surface area contributed by atoms with Crippen LogP contribution in [0.3, 0.4) is 0 Å². The van der Waals surface area contributed by atoms with Gasteiger partial charge in [-0.3, -0.25) is 4.79 Å². The van der Waals surface area contributed by atoms with Gasteiger partial charge >= 0.3 is 5.97 Å². The summed E-state index contributed by atoms with van der Waals surface area (Å²) in [6.45, 7) is 0. The molecule has 2 heterocycles. The normalized spacial score (nSPS) is 14.7. The largest absolute Gasteiger partial charge is 0.477 e. The molecule has 2 aromatic rings. The number of nitrogen functional groups attached to an aromatic ring is 1. The SMILES string of the molecule is Nn1c(C(=O)O)cc2sc3c(c2c1=O)CCCC3. The molecule has 1 aliphatic rings. The van der Waals surface area contributed by atoms with Crippen LogP contribution in [0.5, 0.6) is 0 Å². The number of carboxylic acid groups (broad SMARTS) is 1. The van der Waals surface area contributed by atoms with Crippen molar-refractivity contribution in [3.05, 3.63) is 32.6 Å². The summed E-state index contributed by atoms with van der Waals surface area (Å²) in [6, 6.07) is 1.50. The van der Waals surface area contributed by atoms with Crippen LogP contribution < -0.4 is 11.4 Å². The molecule has 0 unspecified atom stereocenters. The van der Waals surface area contributed by atoms with Crippen molar-refractivity contribution in [1.82, 2.24) is 4.68 Å². The number of nitrogens with zero attached hydrogens (tertiary/aromatic N) is 1. The van der Waals surface area contributed by atoms with Gasteiger partial charge in [-0.1, -0.05) is 0 Å². The van der Waals surface area contributed by atoms with Crippen LogP contribution in [-0.4, -0.2) is 15.8 Å². The second-order valence-corrected chi connectivity index (χ2v) is 5.60. The first kappa shape index (κ1) is 11.3. The molecule has 0 spiro atoms. The molecule has 18 heavy (non-hydrogen) atoms. The maximum atomic E-state index is 12.2. The molecular formula is C12H12N2O3S. The van der Waals surface area contributed by atoms with Gasteiger partial charge in [-0.25, -0.2) is 9.47 Å².